The Hall–Kier alpha value is -3.96. The van der Waals surface area contributed by atoms with Gasteiger partial charge in [0.2, 0.25) is 11.8 Å². The smallest absolute Gasteiger partial charge is 0.287 e. The Labute approximate surface area is 158 Å². The summed E-state index contributed by atoms with van der Waals surface area (Å²) in [5.74, 6) is -0.374. The Morgan fingerprint density at radius 1 is 0.821 bits per heavy atom. The SMILES string of the molecule is CN(C(=O)CCC(=O)N(C)c1ccc([N+](=O)[O-])cn1)c1ccc([N+](=O)[O-])cn1. The van der Waals surface area contributed by atoms with Gasteiger partial charge in [-0.3, -0.25) is 39.6 Å². The molecule has 146 valence electrons. The van der Waals surface area contributed by atoms with Gasteiger partial charge in [-0.15, -0.1) is 0 Å². The average Bonchev–Trinajstić information content (AvgIpc) is 2.70. The molecule has 0 unspecified atom stereocenters. The molecule has 12 nitrogen and oxygen atoms in total. The van der Waals surface area contributed by atoms with E-state index in [9.17, 15) is 29.8 Å². The molecule has 0 bridgehead atoms. The highest BCUT2D eigenvalue weighted by Crippen LogP contribution is 2.17. The fourth-order valence-electron chi connectivity index (χ4n) is 2.17. The maximum absolute atomic E-state index is 12.2. The summed E-state index contributed by atoms with van der Waals surface area (Å²) in [5, 5.41) is 21.3. The van der Waals surface area contributed by atoms with E-state index in [4.69, 9.17) is 0 Å². The van der Waals surface area contributed by atoms with E-state index >= 15 is 0 Å². The average molecular weight is 388 g/mol. The Bertz CT molecular complexity index is 823. The van der Waals surface area contributed by atoms with Crippen molar-refractivity contribution in [3.05, 3.63) is 56.9 Å². The molecule has 12 heteroatoms. The van der Waals surface area contributed by atoms with E-state index in [0.29, 0.717) is 0 Å². The van der Waals surface area contributed by atoms with Gasteiger partial charge in [0.05, 0.1) is 9.85 Å². The Morgan fingerprint density at radius 3 is 1.43 bits per heavy atom. The first-order valence-corrected chi connectivity index (χ1v) is 7.94. The summed E-state index contributed by atoms with van der Waals surface area (Å²) in [6.07, 6.45) is 1.84. The van der Waals surface area contributed by atoms with Gasteiger partial charge in [0.25, 0.3) is 11.4 Å². The van der Waals surface area contributed by atoms with E-state index in [2.05, 4.69) is 9.97 Å². The van der Waals surface area contributed by atoms with Gasteiger partial charge >= 0.3 is 0 Å². The lowest BCUT2D eigenvalue weighted by Gasteiger charge is -2.18. The molecular formula is C16H16N6O6. The summed E-state index contributed by atoms with van der Waals surface area (Å²) in [7, 11) is 2.89. The van der Waals surface area contributed by atoms with Crippen molar-refractivity contribution in [1.29, 1.82) is 0 Å². The highest BCUT2D eigenvalue weighted by molar-refractivity contribution is 5.97. The molecule has 0 aromatic carbocycles. The fourth-order valence-corrected chi connectivity index (χ4v) is 2.17. The molecule has 0 N–H and O–H groups in total. The number of nitrogens with zero attached hydrogens (tertiary/aromatic N) is 6. The fraction of sp³-hybridized carbons (Fsp3) is 0.250. The molecule has 0 spiro atoms. The largest absolute Gasteiger partial charge is 0.300 e. The monoisotopic (exact) mass is 388 g/mol. The van der Waals surface area contributed by atoms with Gasteiger partial charge in [0, 0.05) is 39.1 Å². The van der Waals surface area contributed by atoms with Crippen LogP contribution in [0.15, 0.2) is 36.7 Å². The van der Waals surface area contributed by atoms with Crippen LogP contribution in [0.2, 0.25) is 0 Å². The zero-order valence-corrected chi connectivity index (χ0v) is 15.0. The number of hydrogen-bond acceptors (Lipinski definition) is 8. The molecule has 28 heavy (non-hydrogen) atoms. The van der Waals surface area contributed by atoms with Crippen LogP contribution in [0.1, 0.15) is 12.8 Å². The van der Waals surface area contributed by atoms with E-state index in [1.807, 2.05) is 0 Å². The van der Waals surface area contributed by atoms with E-state index in [1.54, 1.807) is 0 Å². The number of carbonyl (C=O) groups is 2. The van der Waals surface area contributed by atoms with Crippen LogP contribution in [0.25, 0.3) is 0 Å². The van der Waals surface area contributed by atoms with Gasteiger partial charge in [0.1, 0.15) is 24.0 Å². The number of amides is 2. The normalized spacial score (nSPS) is 10.2. The van der Waals surface area contributed by atoms with Crippen LogP contribution in [0.4, 0.5) is 23.0 Å². The van der Waals surface area contributed by atoms with Gasteiger partial charge in [0.15, 0.2) is 0 Å². The number of hydrogen-bond donors (Lipinski definition) is 0. The molecule has 2 aromatic rings. The van der Waals surface area contributed by atoms with Crippen molar-refractivity contribution in [2.75, 3.05) is 23.9 Å². The third-order valence-electron chi connectivity index (χ3n) is 3.87. The Morgan fingerprint density at radius 2 is 1.18 bits per heavy atom. The molecule has 2 heterocycles. The van der Waals surface area contributed by atoms with Crippen LogP contribution in [0, 0.1) is 20.2 Å². The lowest BCUT2D eigenvalue weighted by atomic mass is 10.2. The molecule has 0 aliphatic rings. The van der Waals surface area contributed by atoms with Crippen molar-refractivity contribution in [3.8, 4) is 0 Å². The van der Waals surface area contributed by atoms with E-state index in [-0.39, 0.29) is 35.9 Å². The minimum absolute atomic E-state index is 0.120. The van der Waals surface area contributed by atoms with Crippen molar-refractivity contribution in [1.82, 2.24) is 9.97 Å². The first kappa shape index (κ1) is 20.4. The van der Waals surface area contributed by atoms with Gasteiger partial charge in [-0.05, 0) is 12.1 Å². The van der Waals surface area contributed by atoms with Crippen LogP contribution in [0.5, 0.6) is 0 Å². The van der Waals surface area contributed by atoms with E-state index in [0.717, 1.165) is 12.4 Å². The number of nitro groups is 2. The highest BCUT2D eigenvalue weighted by Gasteiger charge is 2.18. The minimum atomic E-state index is -0.598. The molecule has 0 saturated carbocycles. The number of pyridine rings is 2. The minimum Gasteiger partial charge on any atom is -0.300 e. The van der Waals surface area contributed by atoms with Crippen molar-refractivity contribution in [2.24, 2.45) is 0 Å². The van der Waals surface area contributed by atoms with Gasteiger partial charge in [-0.25, -0.2) is 9.97 Å². The molecule has 2 aromatic heterocycles. The highest BCUT2D eigenvalue weighted by atomic mass is 16.6. The molecule has 2 amide bonds. The van der Waals surface area contributed by atoms with Crippen LogP contribution in [-0.2, 0) is 9.59 Å². The number of rotatable bonds is 7. The number of carbonyl (C=O) groups excluding carboxylic acids is 2. The van der Waals surface area contributed by atoms with Gasteiger partial charge in [-0.1, -0.05) is 0 Å². The summed E-state index contributed by atoms with van der Waals surface area (Å²) < 4.78 is 0. The first-order chi connectivity index (χ1) is 13.2. The Balaban J connectivity index is 1.94. The zero-order valence-electron chi connectivity index (χ0n) is 15.0. The van der Waals surface area contributed by atoms with Crippen LogP contribution in [0.3, 0.4) is 0 Å². The zero-order chi connectivity index (χ0) is 20.8. The quantitative estimate of drug-likeness (QED) is 0.513. The predicted octanol–water partition coefficient (Wildman–Crippen LogP) is 1.70. The van der Waals surface area contributed by atoms with E-state index < -0.39 is 21.7 Å². The summed E-state index contributed by atoms with van der Waals surface area (Å²) in [4.78, 5) is 54.6. The molecule has 2 rings (SSSR count). The molecule has 0 aliphatic heterocycles. The van der Waals surface area contributed by atoms with Crippen molar-refractivity contribution >= 4 is 34.8 Å². The molecule has 0 fully saturated rings. The Kier molecular flexibility index (Phi) is 6.26. The van der Waals surface area contributed by atoms with Crippen LogP contribution in [-0.4, -0.2) is 45.7 Å². The molecule has 0 radical (unpaired) electrons. The maximum Gasteiger partial charge on any atom is 0.287 e. The molecule has 0 atom stereocenters. The molecule has 0 aliphatic carbocycles. The van der Waals surface area contributed by atoms with Crippen LogP contribution < -0.4 is 9.80 Å². The van der Waals surface area contributed by atoms with Crippen LogP contribution >= 0.6 is 0 Å². The van der Waals surface area contributed by atoms with E-state index in [1.165, 1.54) is 48.2 Å². The summed E-state index contributed by atoms with van der Waals surface area (Å²) in [6, 6.07) is 5.13. The summed E-state index contributed by atoms with van der Waals surface area (Å²) in [6.45, 7) is 0. The summed E-state index contributed by atoms with van der Waals surface area (Å²) >= 11 is 0. The lowest BCUT2D eigenvalue weighted by Crippen LogP contribution is -2.31. The van der Waals surface area contributed by atoms with Gasteiger partial charge in [-0.2, -0.15) is 0 Å². The third kappa shape index (κ3) is 4.81. The summed E-state index contributed by atoms with van der Waals surface area (Å²) in [5.41, 5.74) is -0.394. The van der Waals surface area contributed by atoms with Crippen molar-refractivity contribution < 1.29 is 19.4 Å². The standard InChI is InChI=1S/C16H16N6O6/c1-19(13-5-3-11(9-17-13)21(25)26)15(23)7-8-16(24)20(2)14-6-4-12(10-18-14)22(27)28/h3-6,9-10H,7-8H2,1-2H3. The number of anilines is 2. The van der Waals surface area contributed by atoms with Crippen molar-refractivity contribution in [3.63, 3.8) is 0 Å². The molecule has 0 saturated heterocycles. The maximum atomic E-state index is 12.2. The topological polar surface area (TPSA) is 153 Å². The first-order valence-electron chi connectivity index (χ1n) is 7.94. The second kappa shape index (κ2) is 8.62. The van der Waals surface area contributed by atoms with Gasteiger partial charge < -0.3 is 0 Å². The molecular weight excluding hydrogens is 372 g/mol. The number of aromatic nitrogens is 2. The third-order valence-corrected chi connectivity index (χ3v) is 3.87. The second-order valence-corrected chi connectivity index (χ2v) is 5.67. The van der Waals surface area contributed by atoms with Crippen molar-refractivity contribution in [2.45, 2.75) is 12.8 Å². The second-order valence-electron chi connectivity index (χ2n) is 5.67. The lowest BCUT2D eigenvalue weighted by molar-refractivity contribution is -0.385. The predicted molar refractivity (Wildman–Crippen MR) is 97.8 cm³/mol.